The van der Waals surface area contributed by atoms with Gasteiger partial charge in [-0.2, -0.15) is 0 Å². The van der Waals surface area contributed by atoms with Crippen molar-refractivity contribution < 1.29 is 19.1 Å². The number of carbonyl (C=O) groups is 2. The zero-order valence-corrected chi connectivity index (χ0v) is 15.2. The highest BCUT2D eigenvalue weighted by Gasteiger charge is 2.45. The molecule has 6 nitrogen and oxygen atoms in total. The monoisotopic (exact) mass is 356 g/mol. The van der Waals surface area contributed by atoms with Gasteiger partial charge >= 0.3 is 11.9 Å². The molecule has 1 unspecified atom stereocenters. The smallest absolute Gasteiger partial charge is 0.357 e. The van der Waals surface area contributed by atoms with E-state index in [1.807, 2.05) is 37.3 Å². The van der Waals surface area contributed by atoms with Gasteiger partial charge in [-0.25, -0.2) is 14.6 Å². The molecule has 138 valence electrons. The third-order valence-electron chi connectivity index (χ3n) is 5.08. The molecule has 1 atom stereocenters. The van der Waals surface area contributed by atoms with Gasteiger partial charge in [-0.3, -0.25) is 0 Å². The Kier molecular flexibility index (Phi) is 5.40. The molecule has 1 fully saturated rings. The molecule has 6 heteroatoms. The van der Waals surface area contributed by atoms with Gasteiger partial charge in [0.2, 0.25) is 5.60 Å². The average Bonchev–Trinajstić information content (AvgIpc) is 3.18. The Labute approximate surface area is 153 Å². The second kappa shape index (κ2) is 7.72. The molecule has 3 rings (SSSR count). The van der Waals surface area contributed by atoms with E-state index in [0.29, 0.717) is 18.5 Å². The van der Waals surface area contributed by atoms with Gasteiger partial charge in [0.05, 0.1) is 25.7 Å². The number of esters is 2. The van der Waals surface area contributed by atoms with E-state index >= 15 is 0 Å². The number of hydrogen-bond donors (Lipinski definition) is 0. The molecule has 1 aromatic carbocycles. The van der Waals surface area contributed by atoms with E-state index in [1.165, 1.54) is 13.3 Å². The molecule has 1 aromatic heterocycles. The van der Waals surface area contributed by atoms with E-state index in [0.717, 1.165) is 24.8 Å². The molecule has 0 N–H and O–H groups in total. The summed E-state index contributed by atoms with van der Waals surface area (Å²) in [5.74, 6) is -1.02. The lowest BCUT2D eigenvalue weighted by Gasteiger charge is -2.33. The van der Waals surface area contributed by atoms with Crippen molar-refractivity contribution in [2.45, 2.75) is 50.7 Å². The molecular formula is C20H24N2O4. The Morgan fingerprint density at radius 2 is 1.85 bits per heavy atom. The minimum atomic E-state index is -1.19. The van der Waals surface area contributed by atoms with Crippen LogP contribution in [0.25, 0.3) is 0 Å². The maximum Gasteiger partial charge on any atom is 0.357 e. The molecular weight excluding hydrogens is 332 g/mol. The third-order valence-corrected chi connectivity index (χ3v) is 5.08. The largest absolute Gasteiger partial charge is 0.466 e. The number of benzene rings is 1. The van der Waals surface area contributed by atoms with Gasteiger partial charge in [0.25, 0.3) is 0 Å². The first-order chi connectivity index (χ1) is 12.6. The van der Waals surface area contributed by atoms with Crippen LogP contribution in [-0.2, 0) is 14.3 Å². The number of aromatic nitrogens is 2. The van der Waals surface area contributed by atoms with Crippen LogP contribution in [0.2, 0.25) is 0 Å². The molecule has 26 heavy (non-hydrogen) atoms. The highest BCUT2D eigenvalue weighted by atomic mass is 16.6. The predicted octanol–water partition coefficient (Wildman–Crippen LogP) is 3.53. The van der Waals surface area contributed by atoms with Crippen LogP contribution in [-0.4, -0.2) is 34.2 Å². The molecule has 0 amide bonds. The number of methoxy groups -OCH3 is 1. The van der Waals surface area contributed by atoms with Gasteiger partial charge in [0.15, 0.2) is 0 Å². The van der Waals surface area contributed by atoms with Crippen LogP contribution in [0.15, 0.2) is 42.9 Å². The number of hydrogen-bond acceptors (Lipinski definition) is 5. The van der Waals surface area contributed by atoms with E-state index < -0.39 is 17.5 Å². The first kappa shape index (κ1) is 18.2. The molecule has 0 aliphatic heterocycles. The molecule has 1 aliphatic carbocycles. The van der Waals surface area contributed by atoms with Crippen LogP contribution < -0.4 is 0 Å². The van der Waals surface area contributed by atoms with Gasteiger partial charge in [-0.1, -0.05) is 36.8 Å². The zero-order valence-electron chi connectivity index (χ0n) is 15.2. The topological polar surface area (TPSA) is 70.4 Å². The third kappa shape index (κ3) is 3.49. The highest BCUT2D eigenvalue weighted by Crippen LogP contribution is 2.34. The van der Waals surface area contributed by atoms with Crippen molar-refractivity contribution in [3.05, 3.63) is 54.1 Å². The van der Waals surface area contributed by atoms with Crippen molar-refractivity contribution >= 4 is 11.9 Å². The summed E-state index contributed by atoms with van der Waals surface area (Å²) < 4.78 is 12.4. The molecule has 2 aromatic rings. The van der Waals surface area contributed by atoms with Crippen LogP contribution >= 0.6 is 0 Å². The van der Waals surface area contributed by atoms with E-state index in [9.17, 15) is 9.59 Å². The summed E-state index contributed by atoms with van der Waals surface area (Å²) in [7, 11) is 1.33. The maximum atomic E-state index is 12.9. The summed E-state index contributed by atoms with van der Waals surface area (Å²) in [6.45, 7) is 1.99. The minimum absolute atomic E-state index is 0.0818. The SMILES string of the molecule is COC(=O)C1(OC(=O)c2cncn2C(C)c2ccccc2)CCCCC1. The van der Waals surface area contributed by atoms with Crippen LogP contribution in [0.1, 0.15) is 61.1 Å². The van der Waals surface area contributed by atoms with Crippen LogP contribution in [0.4, 0.5) is 0 Å². The lowest BCUT2D eigenvalue weighted by molar-refractivity contribution is -0.166. The van der Waals surface area contributed by atoms with Crippen molar-refractivity contribution in [3.8, 4) is 0 Å². The van der Waals surface area contributed by atoms with Gasteiger partial charge in [0.1, 0.15) is 5.69 Å². The molecule has 0 radical (unpaired) electrons. The van der Waals surface area contributed by atoms with Crippen LogP contribution in [0.3, 0.4) is 0 Å². The quantitative estimate of drug-likeness (QED) is 0.767. The summed E-state index contributed by atoms with van der Waals surface area (Å²) in [5, 5.41) is 0. The highest BCUT2D eigenvalue weighted by molar-refractivity contribution is 5.91. The summed E-state index contributed by atoms with van der Waals surface area (Å²) in [6.07, 6.45) is 6.78. The second-order valence-electron chi connectivity index (χ2n) is 6.71. The number of carbonyl (C=O) groups excluding carboxylic acids is 2. The minimum Gasteiger partial charge on any atom is -0.466 e. The van der Waals surface area contributed by atoms with Gasteiger partial charge < -0.3 is 14.0 Å². The lowest BCUT2D eigenvalue weighted by Crippen LogP contribution is -2.46. The molecule has 1 saturated carbocycles. The van der Waals surface area contributed by atoms with Gasteiger partial charge in [0, 0.05) is 0 Å². The normalized spacial score (nSPS) is 17.3. The Hall–Kier alpha value is -2.63. The van der Waals surface area contributed by atoms with Crippen molar-refractivity contribution in [2.75, 3.05) is 7.11 Å². The Morgan fingerprint density at radius 1 is 1.15 bits per heavy atom. The van der Waals surface area contributed by atoms with Crippen molar-refractivity contribution in [1.82, 2.24) is 9.55 Å². The molecule has 0 bridgehead atoms. The molecule has 1 heterocycles. The average molecular weight is 356 g/mol. The first-order valence-corrected chi connectivity index (χ1v) is 8.96. The Morgan fingerprint density at radius 3 is 2.50 bits per heavy atom. The van der Waals surface area contributed by atoms with Crippen LogP contribution in [0.5, 0.6) is 0 Å². The number of imidazole rings is 1. The van der Waals surface area contributed by atoms with E-state index in [1.54, 1.807) is 10.9 Å². The lowest BCUT2D eigenvalue weighted by atomic mass is 9.84. The first-order valence-electron chi connectivity index (χ1n) is 8.96. The number of nitrogens with zero attached hydrogens (tertiary/aromatic N) is 2. The fraction of sp³-hybridized carbons (Fsp3) is 0.450. The second-order valence-corrected chi connectivity index (χ2v) is 6.71. The van der Waals surface area contributed by atoms with E-state index in [2.05, 4.69) is 4.98 Å². The summed E-state index contributed by atoms with van der Waals surface area (Å²) in [6, 6.07) is 9.77. The van der Waals surface area contributed by atoms with Crippen molar-refractivity contribution in [3.63, 3.8) is 0 Å². The maximum absolute atomic E-state index is 12.9. The van der Waals surface area contributed by atoms with Crippen molar-refractivity contribution in [1.29, 1.82) is 0 Å². The number of rotatable bonds is 5. The van der Waals surface area contributed by atoms with Gasteiger partial charge in [-0.15, -0.1) is 0 Å². The fourth-order valence-electron chi connectivity index (χ4n) is 3.55. The zero-order chi connectivity index (χ0) is 18.6. The van der Waals surface area contributed by atoms with E-state index in [-0.39, 0.29) is 6.04 Å². The summed E-state index contributed by atoms with van der Waals surface area (Å²) >= 11 is 0. The summed E-state index contributed by atoms with van der Waals surface area (Å²) in [5.41, 5.74) is 0.199. The van der Waals surface area contributed by atoms with Gasteiger partial charge in [-0.05, 0) is 38.2 Å². The molecule has 1 aliphatic rings. The van der Waals surface area contributed by atoms with Crippen LogP contribution in [0, 0.1) is 0 Å². The van der Waals surface area contributed by atoms with E-state index in [4.69, 9.17) is 9.47 Å². The summed E-state index contributed by atoms with van der Waals surface area (Å²) in [4.78, 5) is 29.3. The fourth-order valence-corrected chi connectivity index (χ4v) is 3.55. The predicted molar refractivity (Wildman–Crippen MR) is 95.7 cm³/mol. The molecule has 0 spiro atoms. The van der Waals surface area contributed by atoms with Crippen molar-refractivity contribution in [2.24, 2.45) is 0 Å². The number of ether oxygens (including phenoxy) is 2. The standard InChI is InChI=1S/C20H24N2O4/c1-15(16-9-5-3-6-10-16)22-14-21-13-17(22)18(23)26-20(19(24)25-2)11-7-4-8-12-20/h3,5-6,9-10,13-15H,4,7-8,11-12H2,1-2H3. The Bertz CT molecular complexity index is 763. The molecule has 0 saturated heterocycles. The Balaban J connectivity index is 1.84.